The Hall–Kier alpha value is -3.79. The van der Waals surface area contributed by atoms with E-state index in [1.54, 1.807) is 17.0 Å². The summed E-state index contributed by atoms with van der Waals surface area (Å²) >= 11 is 0. The van der Waals surface area contributed by atoms with Gasteiger partial charge < -0.3 is 24.3 Å². The Kier molecular flexibility index (Phi) is 8.50. The van der Waals surface area contributed by atoms with Crippen LogP contribution < -0.4 is 5.32 Å². The fourth-order valence-electron chi connectivity index (χ4n) is 4.12. The molecule has 3 amide bonds. The normalized spacial score (nSPS) is 15.4. The van der Waals surface area contributed by atoms with E-state index in [0.29, 0.717) is 18.9 Å². The van der Waals surface area contributed by atoms with Crippen molar-refractivity contribution in [2.24, 2.45) is 0 Å². The summed E-state index contributed by atoms with van der Waals surface area (Å²) in [5.41, 5.74) is 0.0161. The van der Waals surface area contributed by atoms with Crippen molar-refractivity contribution < 1.29 is 31.9 Å². The summed E-state index contributed by atoms with van der Waals surface area (Å²) in [6.45, 7) is 0.905. The molecule has 2 aromatic carbocycles. The molecule has 7 nitrogen and oxygen atoms in total. The maximum atomic E-state index is 13.5. The third-order valence-electron chi connectivity index (χ3n) is 6.00. The molecule has 1 aliphatic heterocycles. The Labute approximate surface area is 212 Å². The van der Waals surface area contributed by atoms with Gasteiger partial charge in [0, 0.05) is 25.4 Å². The van der Waals surface area contributed by atoms with Crippen molar-refractivity contribution in [1.82, 2.24) is 9.80 Å². The molecular formula is C27H28F3N3O4. The first kappa shape index (κ1) is 26.3. The molecule has 0 saturated carbocycles. The Balaban J connectivity index is 1.51. The quantitative estimate of drug-likeness (QED) is 0.406. The lowest BCUT2D eigenvalue weighted by Gasteiger charge is -2.29. The van der Waals surface area contributed by atoms with Gasteiger partial charge in [-0.3, -0.25) is 4.79 Å². The molecule has 1 N–H and O–H groups in total. The third kappa shape index (κ3) is 7.60. The van der Waals surface area contributed by atoms with Gasteiger partial charge in [0.1, 0.15) is 12.3 Å². The Morgan fingerprint density at radius 2 is 1.78 bits per heavy atom. The van der Waals surface area contributed by atoms with Gasteiger partial charge >= 0.3 is 12.2 Å². The van der Waals surface area contributed by atoms with Gasteiger partial charge in [-0.1, -0.05) is 36.4 Å². The molecule has 3 aromatic rings. The van der Waals surface area contributed by atoms with Crippen molar-refractivity contribution in [2.75, 3.05) is 25.0 Å². The number of carbonyl (C=O) groups excluding carboxylic acids is 2. The predicted octanol–water partition coefficient (Wildman–Crippen LogP) is 5.54. The van der Waals surface area contributed by atoms with Crippen LogP contribution in [0.2, 0.25) is 0 Å². The molecule has 1 saturated heterocycles. The van der Waals surface area contributed by atoms with Crippen molar-refractivity contribution in [3.63, 3.8) is 0 Å². The monoisotopic (exact) mass is 515 g/mol. The number of anilines is 1. The van der Waals surface area contributed by atoms with Gasteiger partial charge in [0.15, 0.2) is 0 Å². The molecule has 0 bridgehead atoms. The molecule has 1 unspecified atom stereocenters. The van der Waals surface area contributed by atoms with Gasteiger partial charge in [-0.15, -0.1) is 0 Å². The number of benzene rings is 2. The lowest BCUT2D eigenvalue weighted by molar-refractivity contribution is -0.137. The first-order chi connectivity index (χ1) is 17.8. The highest BCUT2D eigenvalue weighted by Crippen LogP contribution is 2.30. The van der Waals surface area contributed by atoms with Crippen LogP contribution in [0, 0.1) is 0 Å². The van der Waals surface area contributed by atoms with E-state index in [2.05, 4.69) is 5.32 Å². The van der Waals surface area contributed by atoms with Gasteiger partial charge in [0.2, 0.25) is 5.91 Å². The summed E-state index contributed by atoms with van der Waals surface area (Å²) in [5, 5.41) is 2.51. The van der Waals surface area contributed by atoms with E-state index in [1.165, 1.54) is 23.3 Å². The summed E-state index contributed by atoms with van der Waals surface area (Å²) in [5.74, 6) is 0.251. The minimum Gasteiger partial charge on any atom is -0.467 e. The lowest BCUT2D eigenvalue weighted by Crippen LogP contribution is -2.46. The standard InChI is InChI=1S/C27H28F3N3O4/c28-27(29,30)21-9-4-10-22(15-21)31-26(35)33(18-24-12-6-14-37-24)19-25(34)32(17-23-11-5-13-36-23)16-20-7-2-1-3-8-20/h1-5,7-11,13,15,24H,6,12,14,16-19H2,(H,31,35). The zero-order valence-corrected chi connectivity index (χ0v) is 20.1. The zero-order chi connectivity index (χ0) is 26.3. The van der Waals surface area contributed by atoms with Crippen LogP contribution in [0.1, 0.15) is 29.7 Å². The number of halogens is 3. The van der Waals surface area contributed by atoms with Crippen LogP contribution in [0.5, 0.6) is 0 Å². The summed E-state index contributed by atoms with van der Waals surface area (Å²) in [7, 11) is 0. The summed E-state index contributed by atoms with van der Waals surface area (Å²) in [6, 6.07) is 16.6. The summed E-state index contributed by atoms with van der Waals surface area (Å²) in [6.07, 6.45) is -1.72. The fourth-order valence-corrected chi connectivity index (χ4v) is 4.12. The number of furan rings is 1. The number of hydrogen-bond donors (Lipinski definition) is 1. The van der Waals surface area contributed by atoms with Crippen LogP contribution in [0.4, 0.5) is 23.7 Å². The fraction of sp³-hybridized carbons (Fsp3) is 0.333. The van der Waals surface area contributed by atoms with E-state index >= 15 is 0 Å². The van der Waals surface area contributed by atoms with Gasteiger partial charge in [0.05, 0.1) is 24.5 Å². The molecule has 0 spiro atoms. The largest absolute Gasteiger partial charge is 0.467 e. The van der Waals surface area contributed by atoms with Crippen molar-refractivity contribution in [1.29, 1.82) is 0 Å². The molecule has 1 fully saturated rings. The minimum atomic E-state index is -4.54. The van der Waals surface area contributed by atoms with E-state index in [1.807, 2.05) is 30.3 Å². The van der Waals surface area contributed by atoms with Crippen molar-refractivity contribution >= 4 is 17.6 Å². The second-order valence-electron chi connectivity index (χ2n) is 8.84. The number of amides is 3. The average Bonchev–Trinajstić information content (AvgIpc) is 3.58. The molecule has 196 valence electrons. The highest BCUT2D eigenvalue weighted by Gasteiger charge is 2.31. The smallest absolute Gasteiger partial charge is 0.416 e. The number of rotatable bonds is 9. The van der Waals surface area contributed by atoms with Crippen LogP contribution in [0.3, 0.4) is 0 Å². The highest BCUT2D eigenvalue weighted by atomic mass is 19.4. The Morgan fingerprint density at radius 1 is 0.973 bits per heavy atom. The van der Waals surface area contributed by atoms with E-state index in [-0.39, 0.29) is 37.3 Å². The number of hydrogen-bond acceptors (Lipinski definition) is 4. The van der Waals surface area contributed by atoms with Crippen LogP contribution in [-0.2, 0) is 28.8 Å². The van der Waals surface area contributed by atoms with Gasteiger partial charge in [0.25, 0.3) is 0 Å². The third-order valence-corrected chi connectivity index (χ3v) is 6.00. The molecule has 2 heterocycles. The van der Waals surface area contributed by atoms with E-state index in [0.717, 1.165) is 30.5 Å². The number of urea groups is 1. The average molecular weight is 516 g/mol. The molecule has 10 heteroatoms. The predicted molar refractivity (Wildman–Crippen MR) is 130 cm³/mol. The van der Waals surface area contributed by atoms with E-state index in [4.69, 9.17) is 9.15 Å². The molecule has 0 aliphatic carbocycles. The zero-order valence-electron chi connectivity index (χ0n) is 20.1. The van der Waals surface area contributed by atoms with Crippen molar-refractivity contribution in [2.45, 2.75) is 38.2 Å². The van der Waals surface area contributed by atoms with Crippen LogP contribution in [0.25, 0.3) is 0 Å². The van der Waals surface area contributed by atoms with Crippen LogP contribution >= 0.6 is 0 Å². The van der Waals surface area contributed by atoms with Gasteiger partial charge in [-0.2, -0.15) is 13.2 Å². The molecule has 37 heavy (non-hydrogen) atoms. The van der Waals surface area contributed by atoms with Crippen LogP contribution in [-0.4, -0.2) is 47.5 Å². The maximum absolute atomic E-state index is 13.5. The lowest BCUT2D eigenvalue weighted by atomic mass is 10.2. The highest BCUT2D eigenvalue weighted by molar-refractivity contribution is 5.92. The molecule has 1 aliphatic rings. The maximum Gasteiger partial charge on any atom is 0.416 e. The number of nitrogens with one attached hydrogen (secondary N) is 1. The number of alkyl halides is 3. The molecule has 4 rings (SSSR count). The van der Waals surface area contributed by atoms with E-state index in [9.17, 15) is 22.8 Å². The van der Waals surface area contributed by atoms with Crippen molar-refractivity contribution in [3.05, 3.63) is 89.9 Å². The Morgan fingerprint density at radius 3 is 2.46 bits per heavy atom. The number of nitrogens with zero attached hydrogens (tertiary/aromatic N) is 2. The molecule has 0 radical (unpaired) electrons. The van der Waals surface area contributed by atoms with Gasteiger partial charge in [-0.25, -0.2) is 4.79 Å². The summed E-state index contributed by atoms with van der Waals surface area (Å²) < 4.78 is 50.5. The molecule has 1 aromatic heterocycles. The van der Waals surface area contributed by atoms with E-state index < -0.39 is 17.8 Å². The van der Waals surface area contributed by atoms with Gasteiger partial charge in [-0.05, 0) is 48.7 Å². The first-order valence-electron chi connectivity index (χ1n) is 12.0. The minimum absolute atomic E-state index is 0.0126. The first-order valence-corrected chi connectivity index (χ1v) is 12.0. The second-order valence-corrected chi connectivity index (χ2v) is 8.84. The SMILES string of the molecule is O=C(CN(CC1CCCO1)C(=O)Nc1cccc(C(F)(F)F)c1)N(Cc1ccccc1)Cc1ccco1. The van der Waals surface area contributed by atoms with Crippen LogP contribution in [0.15, 0.2) is 77.4 Å². The molecule has 1 atom stereocenters. The summed E-state index contributed by atoms with van der Waals surface area (Å²) in [4.78, 5) is 29.5. The Bertz CT molecular complexity index is 1160. The van der Waals surface area contributed by atoms with Crippen molar-refractivity contribution in [3.8, 4) is 0 Å². The number of carbonyl (C=O) groups is 2. The second kappa shape index (κ2) is 12.0. The number of ether oxygens (including phenoxy) is 1. The molecular weight excluding hydrogens is 487 g/mol. The topological polar surface area (TPSA) is 75.0 Å².